The molecule has 4 rings (SSSR count). The second kappa shape index (κ2) is 14.7. The SMILES string of the molecule is CCCOc1ccc(-c2ccc(OC(F)F)c(/C=C/C(=O)Cc3ccc([S@](=O)Cc4c(C)ncn4CC)cc3)c2)cc1. The molecule has 0 radical (unpaired) electrons. The first-order chi connectivity index (χ1) is 20.3. The number of rotatable bonds is 14. The van der Waals surface area contributed by atoms with Gasteiger partial charge in [0.1, 0.15) is 11.5 Å². The lowest BCUT2D eigenvalue weighted by Gasteiger charge is -2.11. The van der Waals surface area contributed by atoms with Gasteiger partial charge in [-0.2, -0.15) is 8.78 Å². The number of carbonyl (C=O) groups is 1. The Morgan fingerprint density at radius 3 is 2.40 bits per heavy atom. The van der Waals surface area contributed by atoms with Gasteiger partial charge >= 0.3 is 6.61 Å². The van der Waals surface area contributed by atoms with Crippen LogP contribution in [0.2, 0.25) is 0 Å². The number of hydrogen-bond acceptors (Lipinski definition) is 5. The molecule has 0 bridgehead atoms. The number of ketones is 1. The molecule has 0 amide bonds. The maximum atomic E-state index is 13.1. The van der Waals surface area contributed by atoms with Crippen LogP contribution in [0, 0.1) is 6.92 Å². The minimum absolute atomic E-state index is 0.0211. The van der Waals surface area contributed by atoms with Crippen LogP contribution in [0.3, 0.4) is 0 Å². The predicted octanol–water partition coefficient (Wildman–Crippen LogP) is 7.40. The fourth-order valence-corrected chi connectivity index (χ4v) is 5.63. The van der Waals surface area contributed by atoms with Crippen LogP contribution >= 0.6 is 0 Å². The van der Waals surface area contributed by atoms with Crippen molar-refractivity contribution in [1.82, 2.24) is 9.55 Å². The normalized spacial score (nSPS) is 12.1. The molecule has 0 N–H and O–H groups in total. The zero-order valence-corrected chi connectivity index (χ0v) is 24.7. The highest BCUT2D eigenvalue weighted by Crippen LogP contribution is 2.30. The molecule has 6 nitrogen and oxygen atoms in total. The predicted molar refractivity (Wildman–Crippen MR) is 161 cm³/mol. The third-order valence-corrected chi connectivity index (χ3v) is 8.00. The van der Waals surface area contributed by atoms with Crippen molar-refractivity contribution >= 4 is 22.7 Å². The van der Waals surface area contributed by atoms with Crippen molar-refractivity contribution in [3.8, 4) is 22.6 Å². The van der Waals surface area contributed by atoms with Crippen molar-refractivity contribution in [1.29, 1.82) is 0 Å². The molecule has 3 aromatic carbocycles. The first kappa shape index (κ1) is 30.8. The van der Waals surface area contributed by atoms with Crippen LogP contribution in [-0.4, -0.2) is 32.8 Å². The van der Waals surface area contributed by atoms with Gasteiger partial charge in [-0.3, -0.25) is 9.00 Å². The molecule has 4 aromatic rings. The molecule has 0 aliphatic heterocycles. The van der Waals surface area contributed by atoms with Gasteiger partial charge in [0.25, 0.3) is 0 Å². The molecule has 0 unspecified atom stereocenters. The van der Waals surface area contributed by atoms with Gasteiger partial charge in [0.15, 0.2) is 5.78 Å². The van der Waals surface area contributed by atoms with E-state index in [0.29, 0.717) is 22.8 Å². The van der Waals surface area contributed by atoms with Crippen LogP contribution in [0.1, 0.15) is 42.8 Å². The molecular formula is C33H34F2N2O4S. The van der Waals surface area contributed by atoms with Crippen molar-refractivity contribution in [3.63, 3.8) is 0 Å². The molecule has 0 aliphatic carbocycles. The van der Waals surface area contributed by atoms with Crippen molar-refractivity contribution in [2.24, 2.45) is 0 Å². The maximum absolute atomic E-state index is 13.1. The van der Waals surface area contributed by atoms with E-state index >= 15 is 0 Å². The monoisotopic (exact) mass is 592 g/mol. The number of allylic oxidation sites excluding steroid dienone is 1. The molecular weight excluding hydrogens is 558 g/mol. The molecule has 1 aromatic heterocycles. The van der Waals surface area contributed by atoms with Crippen LogP contribution < -0.4 is 9.47 Å². The molecule has 0 aliphatic rings. The summed E-state index contributed by atoms with van der Waals surface area (Å²) in [5.74, 6) is 0.881. The van der Waals surface area contributed by atoms with E-state index in [1.54, 1.807) is 42.7 Å². The van der Waals surface area contributed by atoms with Gasteiger partial charge in [0.05, 0.1) is 40.9 Å². The second-order valence-electron chi connectivity index (χ2n) is 9.68. The number of aryl methyl sites for hydroxylation is 2. The van der Waals surface area contributed by atoms with Gasteiger partial charge in [-0.1, -0.05) is 37.3 Å². The van der Waals surface area contributed by atoms with Crippen LogP contribution in [0.15, 0.2) is 84.0 Å². The van der Waals surface area contributed by atoms with Gasteiger partial charge in [-0.25, -0.2) is 4.98 Å². The number of halogens is 2. The van der Waals surface area contributed by atoms with Crippen molar-refractivity contribution < 1.29 is 27.3 Å². The quantitative estimate of drug-likeness (QED) is 0.143. The topological polar surface area (TPSA) is 70.4 Å². The highest BCUT2D eigenvalue weighted by atomic mass is 32.2. The summed E-state index contributed by atoms with van der Waals surface area (Å²) in [7, 11) is -1.26. The number of ether oxygens (including phenoxy) is 2. The number of benzene rings is 3. The fourth-order valence-electron chi connectivity index (χ4n) is 4.40. The molecule has 1 heterocycles. The zero-order valence-electron chi connectivity index (χ0n) is 23.9. The summed E-state index contributed by atoms with van der Waals surface area (Å²) < 4.78 is 51.4. The summed E-state index contributed by atoms with van der Waals surface area (Å²) in [5, 5.41) is 0. The van der Waals surface area contributed by atoms with E-state index in [-0.39, 0.29) is 18.0 Å². The van der Waals surface area contributed by atoms with Crippen LogP contribution in [0.5, 0.6) is 11.5 Å². The Labute approximate surface area is 247 Å². The third kappa shape index (κ3) is 8.22. The molecule has 1 atom stereocenters. The fraction of sp³-hybridized carbons (Fsp3) is 0.273. The van der Waals surface area contributed by atoms with E-state index in [1.807, 2.05) is 49.6 Å². The lowest BCUT2D eigenvalue weighted by atomic mass is 10.0. The zero-order chi connectivity index (χ0) is 30.1. The number of nitrogens with zero attached hydrogens (tertiary/aromatic N) is 2. The average molecular weight is 593 g/mol. The molecule has 0 saturated heterocycles. The van der Waals surface area contributed by atoms with Crippen molar-refractivity contribution in [3.05, 3.63) is 102 Å². The lowest BCUT2D eigenvalue weighted by Crippen LogP contribution is -2.05. The molecule has 0 saturated carbocycles. The average Bonchev–Trinajstić information content (AvgIpc) is 3.34. The second-order valence-corrected chi connectivity index (χ2v) is 11.1. The molecule has 0 spiro atoms. The van der Waals surface area contributed by atoms with E-state index in [1.165, 1.54) is 18.2 Å². The smallest absolute Gasteiger partial charge is 0.387 e. The molecule has 0 fully saturated rings. The van der Waals surface area contributed by atoms with Crippen molar-refractivity contribution in [2.75, 3.05) is 6.61 Å². The van der Waals surface area contributed by atoms with E-state index in [2.05, 4.69) is 4.98 Å². The Morgan fingerprint density at radius 2 is 1.74 bits per heavy atom. The molecule has 220 valence electrons. The van der Waals surface area contributed by atoms with E-state index in [9.17, 15) is 17.8 Å². The van der Waals surface area contributed by atoms with E-state index in [0.717, 1.165) is 46.8 Å². The number of carbonyl (C=O) groups excluding carboxylic acids is 1. The van der Waals surface area contributed by atoms with Gasteiger partial charge in [-0.05, 0) is 85.5 Å². The summed E-state index contributed by atoms with van der Waals surface area (Å²) in [6.07, 6.45) is 5.62. The summed E-state index contributed by atoms with van der Waals surface area (Å²) >= 11 is 0. The maximum Gasteiger partial charge on any atom is 0.387 e. The largest absolute Gasteiger partial charge is 0.494 e. The van der Waals surface area contributed by atoms with E-state index < -0.39 is 17.4 Å². The van der Waals surface area contributed by atoms with Gasteiger partial charge in [0, 0.05) is 23.4 Å². The highest BCUT2D eigenvalue weighted by Gasteiger charge is 2.13. The van der Waals surface area contributed by atoms with Crippen LogP contribution in [-0.2, 0) is 34.3 Å². The van der Waals surface area contributed by atoms with Crippen molar-refractivity contribution in [2.45, 2.75) is 57.4 Å². The molecule has 42 heavy (non-hydrogen) atoms. The first-order valence-corrected chi connectivity index (χ1v) is 15.1. The Balaban J connectivity index is 1.44. The summed E-state index contributed by atoms with van der Waals surface area (Å²) in [6, 6.07) is 19.5. The Kier molecular flexibility index (Phi) is 10.8. The lowest BCUT2D eigenvalue weighted by molar-refractivity contribution is -0.113. The minimum Gasteiger partial charge on any atom is -0.494 e. The van der Waals surface area contributed by atoms with Gasteiger partial charge < -0.3 is 14.0 Å². The number of hydrogen-bond donors (Lipinski definition) is 0. The van der Waals surface area contributed by atoms with E-state index in [4.69, 9.17) is 9.47 Å². The third-order valence-electron chi connectivity index (χ3n) is 6.66. The Bertz CT molecular complexity index is 1550. The number of aromatic nitrogens is 2. The standard InChI is InChI=1S/C33H34F2N2O4S/c1-4-18-40-29-13-9-25(10-14-29)26-11-17-32(41-33(34)35)27(20-26)8-12-28(38)19-24-6-15-30(16-7-24)42(39)21-31-23(3)36-22-37(31)5-2/h6-17,20,22,33H,4-5,18-19,21H2,1-3H3/b12-8+/t42-/m1/s1. The van der Waals surface area contributed by atoms with Crippen LogP contribution in [0.25, 0.3) is 17.2 Å². The summed E-state index contributed by atoms with van der Waals surface area (Å²) in [4.78, 5) is 17.8. The summed E-state index contributed by atoms with van der Waals surface area (Å²) in [5.41, 5.74) is 4.57. The number of imidazole rings is 1. The van der Waals surface area contributed by atoms with Gasteiger partial charge in [0.2, 0.25) is 0 Å². The highest BCUT2D eigenvalue weighted by molar-refractivity contribution is 7.84. The first-order valence-electron chi connectivity index (χ1n) is 13.8. The summed E-state index contributed by atoms with van der Waals surface area (Å²) in [6.45, 7) is 4.33. The number of alkyl halides is 2. The van der Waals surface area contributed by atoms with Crippen LogP contribution in [0.4, 0.5) is 8.78 Å². The minimum atomic E-state index is -3.00. The Hall–Kier alpha value is -4.11. The molecule has 9 heteroatoms. The Morgan fingerprint density at radius 1 is 1.02 bits per heavy atom. The van der Waals surface area contributed by atoms with Gasteiger partial charge in [-0.15, -0.1) is 0 Å².